The van der Waals surface area contributed by atoms with Crippen LogP contribution in [-0.2, 0) is 10.0 Å². The zero-order valence-corrected chi connectivity index (χ0v) is 17.7. The number of hydrogen-bond acceptors (Lipinski definition) is 3. The van der Waals surface area contributed by atoms with Crippen LogP contribution in [0.25, 0.3) is 0 Å². The van der Waals surface area contributed by atoms with Crippen molar-refractivity contribution in [2.24, 2.45) is 4.99 Å². The van der Waals surface area contributed by atoms with Gasteiger partial charge in [0.25, 0.3) is 0 Å². The van der Waals surface area contributed by atoms with Crippen molar-refractivity contribution in [1.29, 1.82) is 0 Å². The van der Waals surface area contributed by atoms with Crippen molar-refractivity contribution in [1.82, 2.24) is 14.9 Å². The molecule has 6 nitrogen and oxygen atoms in total. The first-order valence-electron chi connectivity index (χ1n) is 8.27. The second kappa shape index (κ2) is 11.4. The molecule has 0 amide bonds. The van der Waals surface area contributed by atoms with Crippen molar-refractivity contribution in [3.8, 4) is 0 Å². The molecule has 0 unspecified atom stereocenters. The van der Waals surface area contributed by atoms with Crippen molar-refractivity contribution in [3.63, 3.8) is 0 Å². The number of aliphatic imine (C=N–C) groups is 1. The highest BCUT2D eigenvalue weighted by Crippen LogP contribution is 2.19. The lowest BCUT2D eigenvalue weighted by atomic mass is 10.1. The molecule has 0 spiro atoms. The summed E-state index contributed by atoms with van der Waals surface area (Å²) in [5.74, 6) is 0.490. The topological polar surface area (TPSA) is 73.8 Å². The molecule has 0 saturated carbocycles. The van der Waals surface area contributed by atoms with Gasteiger partial charge in [-0.25, -0.2) is 12.7 Å². The third-order valence-corrected chi connectivity index (χ3v) is 5.74. The van der Waals surface area contributed by atoms with Gasteiger partial charge in [-0.2, -0.15) is 13.2 Å². The third kappa shape index (κ3) is 9.83. The number of nitrogens with zero attached hydrogens (tertiary/aromatic N) is 2. The Morgan fingerprint density at radius 1 is 1.24 bits per heavy atom. The smallest absolute Gasteiger partial charge is 0.357 e. The fraction of sp³-hybridized carbons (Fsp3) is 0.929. The summed E-state index contributed by atoms with van der Waals surface area (Å²) in [6.07, 6.45) is -3.40. The van der Waals surface area contributed by atoms with Crippen LogP contribution < -0.4 is 10.6 Å². The highest BCUT2D eigenvalue weighted by atomic mass is 127. The van der Waals surface area contributed by atoms with Gasteiger partial charge in [0.1, 0.15) is 0 Å². The second-order valence-corrected chi connectivity index (χ2v) is 7.85. The Balaban J connectivity index is 0.00000576. The first-order chi connectivity index (χ1) is 11.2. The van der Waals surface area contributed by atoms with Gasteiger partial charge in [-0.05, 0) is 26.2 Å². The Morgan fingerprint density at radius 3 is 2.32 bits per heavy atom. The fourth-order valence-electron chi connectivity index (χ4n) is 2.47. The molecular weight excluding hydrogens is 472 g/mol. The number of rotatable bonds is 7. The zero-order chi connectivity index (χ0) is 18.2. The van der Waals surface area contributed by atoms with E-state index in [0.29, 0.717) is 44.9 Å². The molecule has 0 bridgehead atoms. The van der Waals surface area contributed by atoms with E-state index in [4.69, 9.17) is 0 Å². The summed E-state index contributed by atoms with van der Waals surface area (Å²) in [5, 5.41) is 6.01. The van der Waals surface area contributed by atoms with Gasteiger partial charge in [0.05, 0.1) is 18.7 Å². The molecule has 0 aromatic rings. The molecule has 0 aromatic carbocycles. The van der Waals surface area contributed by atoms with E-state index in [1.54, 1.807) is 0 Å². The summed E-state index contributed by atoms with van der Waals surface area (Å²) in [6, 6.07) is 0.00163. The summed E-state index contributed by atoms with van der Waals surface area (Å²) in [4.78, 5) is 3.93. The van der Waals surface area contributed by atoms with Crippen LogP contribution in [0.3, 0.4) is 0 Å². The lowest BCUT2D eigenvalue weighted by molar-refractivity contribution is -0.132. The van der Waals surface area contributed by atoms with Crippen LogP contribution in [0.15, 0.2) is 4.99 Å². The standard InChI is InChI=1S/C14H27F3N4O2S.HI/c1-3-11-24(22,23)21-9-5-12(6-10-21)20-13(18-4-2)19-8-7-14(15,16)17;/h12H,3-11H2,1-2H3,(H2,18,19,20);1H. The summed E-state index contributed by atoms with van der Waals surface area (Å²) in [6.45, 7) is 4.71. The van der Waals surface area contributed by atoms with Crippen molar-refractivity contribution >= 4 is 40.0 Å². The Kier molecular flexibility index (Phi) is 11.3. The van der Waals surface area contributed by atoms with E-state index in [9.17, 15) is 21.6 Å². The van der Waals surface area contributed by atoms with Crippen LogP contribution >= 0.6 is 24.0 Å². The predicted molar refractivity (Wildman–Crippen MR) is 104 cm³/mol. The van der Waals surface area contributed by atoms with Gasteiger partial charge < -0.3 is 10.6 Å². The highest BCUT2D eigenvalue weighted by molar-refractivity contribution is 14.0. The van der Waals surface area contributed by atoms with Crippen LogP contribution in [0.2, 0.25) is 0 Å². The molecule has 0 radical (unpaired) electrons. The predicted octanol–water partition coefficient (Wildman–Crippen LogP) is 2.32. The molecule has 1 saturated heterocycles. The number of halogens is 4. The Bertz CT molecular complexity index is 507. The molecule has 0 atom stereocenters. The molecular formula is C14H28F3IN4O2S. The molecule has 150 valence electrons. The lowest BCUT2D eigenvalue weighted by Gasteiger charge is -2.32. The van der Waals surface area contributed by atoms with Crippen molar-refractivity contribution < 1.29 is 21.6 Å². The quantitative estimate of drug-likeness (QED) is 0.320. The summed E-state index contributed by atoms with van der Waals surface area (Å²) >= 11 is 0. The number of nitrogens with one attached hydrogen (secondary N) is 2. The largest absolute Gasteiger partial charge is 0.390 e. The molecule has 1 fully saturated rings. The van der Waals surface area contributed by atoms with Crippen LogP contribution in [-0.4, -0.2) is 62.8 Å². The Hall–Kier alpha value is -0.300. The van der Waals surface area contributed by atoms with Gasteiger partial charge in [-0.3, -0.25) is 4.99 Å². The second-order valence-electron chi connectivity index (χ2n) is 5.76. The lowest BCUT2D eigenvalue weighted by Crippen LogP contribution is -2.50. The first kappa shape index (κ1) is 24.7. The van der Waals surface area contributed by atoms with Gasteiger partial charge >= 0.3 is 6.18 Å². The third-order valence-electron chi connectivity index (χ3n) is 3.66. The van der Waals surface area contributed by atoms with Crippen LogP contribution in [0, 0.1) is 0 Å². The first-order valence-corrected chi connectivity index (χ1v) is 9.88. The van der Waals surface area contributed by atoms with E-state index >= 15 is 0 Å². The van der Waals surface area contributed by atoms with E-state index in [-0.39, 0.29) is 42.3 Å². The number of guanidine groups is 1. The maximum atomic E-state index is 12.2. The monoisotopic (exact) mass is 500 g/mol. The van der Waals surface area contributed by atoms with Gasteiger partial charge in [0.2, 0.25) is 10.0 Å². The molecule has 1 rings (SSSR count). The Morgan fingerprint density at radius 2 is 1.84 bits per heavy atom. The van der Waals surface area contributed by atoms with E-state index < -0.39 is 22.6 Å². The Labute approximate surface area is 165 Å². The van der Waals surface area contributed by atoms with Crippen molar-refractivity contribution in [2.45, 2.75) is 51.7 Å². The van der Waals surface area contributed by atoms with E-state index in [1.807, 2.05) is 13.8 Å². The normalized spacial score (nSPS) is 17.9. The minimum atomic E-state index is -4.22. The molecule has 2 N–H and O–H groups in total. The molecule has 25 heavy (non-hydrogen) atoms. The average molecular weight is 500 g/mol. The van der Waals surface area contributed by atoms with E-state index in [1.165, 1.54) is 4.31 Å². The molecule has 1 aliphatic rings. The molecule has 1 heterocycles. The van der Waals surface area contributed by atoms with Gasteiger partial charge in [-0.1, -0.05) is 6.92 Å². The number of hydrogen-bond donors (Lipinski definition) is 2. The number of sulfonamides is 1. The minimum Gasteiger partial charge on any atom is -0.357 e. The molecule has 1 aliphatic heterocycles. The summed E-state index contributed by atoms with van der Waals surface area (Å²) < 4.78 is 62.1. The van der Waals surface area contributed by atoms with Crippen molar-refractivity contribution in [3.05, 3.63) is 0 Å². The minimum absolute atomic E-state index is 0. The van der Waals surface area contributed by atoms with Crippen LogP contribution in [0.5, 0.6) is 0 Å². The summed E-state index contributed by atoms with van der Waals surface area (Å²) in [7, 11) is -3.19. The fourth-order valence-corrected chi connectivity index (χ4v) is 4.01. The highest BCUT2D eigenvalue weighted by Gasteiger charge is 2.28. The maximum absolute atomic E-state index is 12.2. The van der Waals surface area contributed by atoms with Crippen LogP contribution in [0.4, 0.5) is 13.2 Å². The zero-order valence-electron chi connectivity index (χ0n) is 14.6. The van der Waals surface area contributed by atoms with Crippen LogP contribution in [0.1, 0.15) is 39.5 Å². The van der Waals surface area contributed by atoms with E-state index in [2.05, 4.69) is 15.6 Å². The number of piperidine rings is 1. The average Bonchev–Trinajstić information content (AvgIpc) is 2.46. The van der Waals surface area contributed by atoms with Crippen molar-refractivity contribution in [2.75, 3.05) is 31.9 Å². The number of alkyl halides is 3. The van der Waals surface area contributed by atoms with Gasteiger partial charge in [0.15, 0.2) is 5.96 Å². The molecule has 0 aromatic heterocycles. The maximum Gasteiger partial charge on any atom is 0.390 e. The van der Waals surface area contributed by atoms with E-state index in [0.717, 1.165) is 0 Å². The van der Waals surface area contributed by atoms with Gasteiger partial charge in [-0.15, -0.1) is 24.0 Å². The SMILES string of the molecule is CCCS(=O)(=O)N1CCC(NC(=NCCC(F)(F)F)NCC)CC1.I. The molecule has 11 heteroatoms. The van der Waals surface area contributed by atoms with Gasteiger partial charge in [0, 0.05) is 25.7 Å². The summed E-state index contributed by atoms with van der Waals surface area (Å²) in [5.41, 5.74) is 0. The molecule has 0 aliphatic carbocycles.